The zero-order valence-corrected chi connectivity index (χ0v) is 11.1. The minimum Gasteiger partial charge on any atom is -0.373 e. The fraction of sp³-hybridized carbons (Fsp3) is 0.500. The minimum atomic E-state index is 0.708. The fourth-order valence-electron chi connectivity index (χ4n) is 1.63. The van der Waals surface area contributed by atoms with Gasteiger partial charge in [0, 0.05) is 0 Å². The van der Waals surface area contributed by atoms with Crippen LogP contribution < -0.4 is 0 Å². The summed E-state index contributed by atoms with van der Waals surface area (Å²) in [6.07, 6.45) is 9.45. The molecule has 0 N–H and O–H groups in total. The zero-order chi connectivity index (χ0) is 12.3. The normalized spacial score (nSPS) is 11.2. The van der Waals surface area contributed by atoms with Crippen molar-refractivity contribution in [3.05, 3.63) is 47.5 Å². The summed E-state index contributed by atoms with van der Waals surface area (Å²) in [6, 6.07) is 8.50. The van der Waals surface area contributed by atoms with E-state index in [9.17, 15) is 0 Å². The van der Waals surface area contributed by atoms with Crippen molar-refractivity contribution in [1.82, 2.24) is 0 Å². The Morgan fingerprint density at radius 2 is 1.82 bits per heavy atom. The van der Waals surface area contributed by atoms with Gasteiger partial charge >= 0.3 is 0 Å². The Morgan fingerprint density at radius 3 is 2.53 bits per heavy atom. The largest absolute Gasteiger partial charge is 0.373 e. The molecule has 0 bridgehead atoms. The van der Waals surface area contributed by atoms with E-state index < -0.39 is 0 Å². The molecule has 0 saturated carbocycles. The molecule has 17 heavy (non-hydrogen) atoms. The lowest BCUT2D eigenvalue weighted by Gasteiger charge is -2.02. The van der Waals surface area contributed by atoms with Gasteiger partial charge in [0.1, 0.15) is 0 Å². The molecule has 1 aromatic carbocycles. The molecule has 0 aromatic heterocycles. The molecule has 1 rings (SSSR count). The molecule has 0 unspecified atom stereocenters. The van der Waals surface area contributed by atoms with Crippen LogP contribution in [-0.2, 0) is 11.3 Å². The van der Waals surface area contributed by atoms with Crippen LogP contribution in [0.15, 0.2) is 36.4 Å². The molecule has 1 aromatic rings. The van der Waals surface area contributed by atoms with Gasteiger partial charge in [-0.25, -0.2) is 0 Å². The lowest BCUT2D eigenvalue weighted by atomic mass is 10.2. The second-order valence-corrected chi connectivity index (χ2v) is 4.47. The Hall–Kier alpha value is -1.08. The van der Waals surface area contributed by atoms with Gasteiger partial charge in [0.05, 0.1) is 13.2 Å². The van der Waals surface area contributed by atoms with Gasteiger partial charge in [-0.15, -0.1) is 0 Å². The van der Waals surface area contributed by atoms with Crippen molar-refractivity contribution in [1.29, 1.82) is 0 Å². The topological polar surface area (TPSA) is 9.23 Å². The number of unbranched alkanes of at least 4 members (excludes halogenated alkanes) is 3. The van der Waals surface area contributed by atoms with Crippen LogP contribution in [0.2, 0.25) is 0 Å². The molecule has 0 heterocycles. The van der Waals surface area contributed by atoms with Gasteiger partial charge in [-0.05, 0) is 25.3 Å². The third kappa shape index (κ3) is 6.96. The fourth-order valence-corrected chi connectivity index (χ4v) is 1.63. The number of hydrogen-bond donors (Lipinski definition) is 0. The van der Waals surface area contributed by atoms with Crippen molar-refractivity contribution >= 4 is 0 Å². The molecule has 1 heteroatoms. The van der Waals surface area contributed by atoms with Gasteiger partial charge in [0.2, 0.25) is 0 Å². The van der Waals surface area contributed by atoms with Gasteiger partial charge in [-0.1, -0.05) is 61.7 Å². The highest BCUT2D eigenvalue weighted by molar-refractivity contribution is 5.20. The standard InChI is InChI=1S/C16H24O/c1-3-4-5-6-7-8-13-17-14-16-11-9-15(2)10-12-16/h7-12H,3-6,13-14H2,1-2H3/b8-7+. The minimum absolute atomic E-state index is 0.708. The van der Waals surface area contributed by atoms with Gasteiger partial charge < -0.3 is 4.74 Å². The average Bonchev–Trinajstić information content (AvgIpc) is 2.35. The molecule has 0 aliphatic carbocycles. The Kier molecular flexibility index (Phi) is 7.40. The first-order valence-corrected chi connectivity index (χ1v) is 6.61. The van der Waals surface area contributed by atoms with E-state index in [4.69, 9.17) is 4.74 Å². The highest BCUT2D eigenvalue weighted by atomic mass is 16.5. The molecule has 0 spiro atoms. The molecule has 0 fully saturated rings. The lowest BCUT2D eigenvalue weighted by Crippen LogP contribution is -1.92. The summed E-state index contributed by atoms with van der Waals surface area (Å²) in [5.74, 6) is 0. The Bertz CT molecular complexity index is 311. The van der Waals surface area contributed by atoms with Crippen molar-refractivity contribution in [3.8, 4) is 0 Å². The molecule has 0 atom stereocenters. The lowest BCUT2D eigenvalue weighted by molar-refractivity contribution is 0.148. The smallest absolute Gasteiger partial charge is 0.0721 e. The van der Waals surface area contributed by atoms with Crippen molar-refractivity contribution in [2.45, 2.75) is 46.1 Å². The van der Waals surface area contributed by atoms with Gasteiger partial charge in [0.15, 0.2) is 0 Å². The molecule has 0 amide bonds. The van der Waals surface area contributed by atoms with Crippen LogP contribution in [-0.4, -0.2) is 6.61 Å². The zero-order valence-electron chi connectivity index (χ0n) is 11.1. The number of benzene rings is 1. The quantitative estimate of drug-likeness (QED) is 0.468. The third-order valence-electron chi connectivity index (χ3n) is 2.74. The number of ether oxygens (including phenoxy) is 1. The summed E-state index contributed by atoms with van der Waals surface area (Å²) < 4.78 is 5.58. The van der Waals surface area contributed by atoms with Gasteiger partial charge in [0.25, 0.3) is 0 Å². The molecule has 94 valence electrons. The van der Waals surface area contributed by atoms with E-state index in [2.05, 4.69) is 50.3 Å². The predicted octanol–water partition coefficient (Wildman–Crippen LogP) is 4.65. The van der Waals surface area contributed by atoms with E-state index >= 15 is 0 Å². The number of allylic oxidation sites excluding steroid dienone is 1. The SMILES string of the molecule is CCCCC/C=C/COCc1ccc(C)cc1. The maximum atomic E-state index is 5.58. The van der Waals surface area contributed by atoms with Crippen LogP contribution in [0.5, 0.6) is 0 Å². The van der Waals surface area contributed by atoms with Gasteiger partial charge in [-0.2, -0.15) is 0 Å². The Morgan fingerprint density at radius 1 is 1.06 bits per heavy atom. The molecule has 0 saturated heterocycles. The van der Waals surface area contributed by atoms with Crippen LogP contribution in [0.3, 0.4) is 0 Å². The summed E-state index contributed by atoms with van der Waals surface area (Å²) in [4.78, 5) is 0. The molecular formula is C16H24O. The maximum Gasteiger partial charge on any atom is 0.0721 e. The van der Waals surface area contributed by atoms with E-state index in [0.29, 0.717) is 6.61 Å². The highest BCUT2D eigenvalue weighted by Crippen LogP contribution is 2.04. The van der Waals surface area contributed by atoms with Crippen molar-refractivity contribution < 1.29 is 4.74 Å². The van der Waals surface area contributed by atoms with E-state index in [1.54, 1.807) is 0 Å². The van der Waals surface area contributed by atoms with Crippen molar-refractivity contribution in [2.24, 2.45) is 0 Å². The first-order valence-electron chi connectivity index (χ1n) is 6.61. The molecule has 0 aliphatic heterocycles. The van der Waals surface area contributed by atoms with Crippen LogP contribution in [0.1, 0.15) is 43.7 Å². The van der Waals surface area contributed by atoms with E-state index in [-0.39, 0.29) is 0 Å². The second kappa shape index (κ2) is 9.00. The molecule has 1 nitrogen and oxygen atoms in total. The summed E-state index contributed by atoms with van der Waals surface area (Å²) >= 11 is 0. The number of hydrogen-bond acceptors (Lipinski definition) is 1. The van der Waals surface area contributed by atoms with Gasteiger partial charge in [-0.3, -0.25) is 0 Å². The molecule has 0 radical (unpaired) electrons. The number of rotatable bonds is 8. The van der Waals surface area contributed by atoms with Crippen molar-refractivity contribution in [2.75, 3.05) is 6.61 Å². The molecule has 0 aliphatic rings. The Balaban J connectivity index is 2.05. The van der Waals surface area contributed by atoms with Crippen LogP contribution in [0.4, 0.5) is 0 Å². The molecular weight excluding hydrogens is 208 g/mol. The first kappa shape index (κ1) is 14.0. The van der Waals surface area contributed by atoms with E-state index in [1.165, 1.54) is 36.8 Å². The maximum absolute atomic E-state index is 5.58. The van der Waals surface area contributed by atoms with Crippen LogP contribution >= 0.6 is 0 Å². The second-order valence-electron chi connectivity index (χ2n) is 4.47. The van der Waals surface area contributed by atoms with E-state index in [0.717, 1.165) is 6.61 Å². The number of aryl methyl sites for hydroxylation is 1. The highest BCUT2D eigenvalue weighted by Gasteiger charge is 1.91. The van der Waals surface area contributed by atoms with E-state index in [1.807, 2.05) is 0 Å². The van der Waals surface area contributed by atoms with Crippen molar-refractivity contribution in [3.63, 3.8) is 0 Å². The van der Waals surface area contributed by atoms with Crippen LogP contribution in [0.25, 0.3) is 0 Å². The predicted molar refractivity (Wildman–Crippen MR) is 74.1 cm³/mol. The third-order valence-corrected chi connectivity index (χ3v) is 2.74. The van der Waals surface area contributed by atoms with Crippen LogP contribution in [0, 0.1) is 6.92 Å². The monoisotopic (exact) mass is 232 g/mol. The first-order chi connectivity index (χ1) is 8.33. The summed E-state index contributed by atoms with van der Waals surface area (Å²) in [5, 5.41) is 0. The Labute approximate surface area is 106 Å². The summed E-state index contributed by atoms with van der Waals surface area (Å²) in [6.45, 7) is 5.76. The summed E-state index contributed by atoms with van der Waals surface area (Å²) in [5.41, 5.74) is 2.54. The summed E-state index contributed by atoms with van der Waals surface area (Å²) in [7, 11) is 0. The average molecular weight is 232 g/mol.